The van der Waals surface area contributed by atoms with Gasteiger partial charge in [0.2, 0.25) is 10.0 Å². The molecule has 3 nitrogen and oxygen atoms in total. The second kappa shape index (κ2) is 6.29. The van der Waals surface area contributed by atoms with Crippen LogP contribution < -0.4 is 4.72 Å². The van der Waals surface area contributed by atoms with Gasteiger partial charge in [0.25, 0.3) is 0 Å². The van der Waals surface area contributed by atoms with Crippen LogP contribution in [0.2, 0.25) is 0 Å². The van der Waals surface area contributed by atoms with E-state index in [0.29, 0.717) is 18.0 Å². The summed E-state index contributed by atoms with van der Waals surface area (Å²) in [5.41, 5.74) is 0.549. The van der Waals surface area contributed by atoms with E-state index in [0.717, 1.165) is 18.9 Å². The van der Waals surface area contributed by atoms with E-state index in [-0.39, 0.29) is 4.90 Å². The molecule has 1 aromatic rings. The van der Waals surface area contributed by atoms with Crippen molar-refractivity contribution in [3.8, 4) is 0 Å². The zero-order valence-electron chi connectivity index (χ0n) is 11.0. The Morgan fingerprint density at radius 1 is 1.28 bits per heavy atom. The third-order valence-corrected chi connectivity index (χ3v) is 4.72. The lowest BCUT2D eigenvalue weighted by molar-refractivity contribution is 0.478. The average molecular weight is 273 g/mol. The van der Waals surface area contributed by atoms with Crippen LogP contribution in [-0.2, 0) is 10.0 Å². The molecule has 0 aliphatic heterocycles. The van der Waals surface area contributed by atoms with Crippen LogP contribution in [0.25, 0.3) is 0 Å². The molecule has 0 heterocycles. The van der Waals surface area contributed by atoms with E-state index >= 15 is 0 Å². The van der Waals surface area contributed by atoms with E-state index in [4.69, 9.17) is 0 Å². The number of rotatable bonds is 6. The van der Waals surface area contributed by atoms with E-state index in [1.54, 1.807) is 6.92 Å². The molecule has 1 rings (SSSR count). The molecule has 1 aromatic carbocycles. The van der Waals surface area contributed by atoms with E-state index in [1.165, 1.54) is 12.1 Å². The van der Waals surface area contributed by atoms with Crippen LogP contribution in [-0.4, -0.2) is 15.0 Å². The summed E-state index contributed by atoms with van der Waals surface area (Å²) in [5.74, 6) is -0.225. The highest BCUT2D eigenvalue weighted by Gasteiger charge is 2.18. The standard InChI is InChI=1S/C13H20FNO2S/c1-4-11(5-2)9-15-18(16,17)13-8-12(14)7-6-10(13)3/h6-8,11,15H,4-5,9H2,1-3H3. The summed E-state index contributed by atoms with van der Waals surface area (Å²) >= 11 is 0. The molecule has 0 aromatic heterocycles. The van der Waals surface area contributed by atoms with Gasteiger partial charge in [-0.2, -0.15) is 0 Å². The minimum absolute atomic E-state index is 0.0217. The van der Waals surface area contributed by atoms with Crippen molar-refractivity contribution in [1.82, 2.24) is 4.72 Å². The predicted molar refractivity (Wildman–Crippen MR) is 70.4 cm³/mol. The maximum atomic E-state index is 13.1. The van der Waals surface area contributed by atoms with Crippen molar-refractivity contribution in [3.63, 3.8) is 0 Å². The fourth-order valence-electron chi connectivity index (χ4n) is 1.75. The van der Waals surface area contributed by atoms with Crippen molar-refractivity contribution >= 4 is 10.0 Å². The Bertz CT molecular complexity index is 496. The van der Waals surface area contributed by atoms with Gasteiger partial charge in [0.1, 0.15) is 5.82 Å². The van der Waals surface area contributed by atoms with Gasteiger partial charge in [-0.3, -0.25) is 0 Å². The number of sulfonamides is 1. The molecule has 0 spiro atoms. The summed E-state index contributed by atoms with van der Waals surface area (Å²) in [6.07, 6.45) is 1.84. The Kier molecular flexibility index (Phi) is 5.28. The minimum Gasteiger partial charge on any atom is -0.211 e. The van der Waals surface area contributed by atoms with Crippen LogP contribution in [0.5, 0.6) is 0 Å². The van der Waals surface area contributed by atoms with Crippen LogP contribution >= 0.6 is 0 Å². The largest absolute Gasteiger partial charge is 0.240 e. The number of benzene rings is 1. The van der Waals surface area contributed by atoms with E-state index in [2.05, 4.69) is 4.72 Å². The highest BCUT2D eigenvalue weighted by atomic mass is 32.2. The SMILES string of the molecule is CCC(CC)CNS(=O)(=O)c1cc(F)ccc1C. The fraction of sp³-hybridized carbons (Fsp3) is 0.538. The van der Waals surface area contributed by atoms with Gasteiger partial charge in [-0.1, -0.05) is 32.8 Å². The number of hydrogen-bond donors (Lipinski definition) is 1. The van der Waals surface area contributed by atoms with E-state index in [9.17, 15) is 12.8 Å². The lowest BCUT2D eigenvalue weighted by Crippen LogP contribution is -2.29. The first-order valence-electron chi connectivity index (χ1n) is 6.16. The van der Waals surface area contributed by atoms with Crippen LogP contribution in [0.3, 0.4) is 0 Å². The molecule has 0 saturated heterocycles. The molecule has 102 valence electrons. The molecule has 0 fully saturated rings. The van der Waals surface area contributed by atoms with Crippen molar-refractivity contribution in [2.75, 3.05) is 6.54 Å². The molecule has 0 aliphatic rings. The lowest BCUT2D eigenvalue weighted by Gasteiger charge is -2.14. The number of aryl methyl sites for hydroxylation is 1. The van der Waals surface area contributed by atoms with Crippen LogP contribution in [0.15, 0.2) is 23.1 Å². The molecule has 0 amide bonds. The van der Waals surface area contributed by atoms with Gasteiger partial charge in [-0.25, -0.2) is 17.5 Å². The molecular formula is C13H20FNO2S. The van der Waals surface area contributed by atoms with Gasteiger partial charge in [0.15, 0.2) is 0 Å². The Balaban J connectivity index is 2.89. The van der Waals surface area contributed by atoms with Crippen LogP contribution in [0.1, 0.15) is 32.3 Å². The number of hydrogen-bond acceptors (Lipinski definition) is 2. The maximum Gasteiger partial charge on any atom is 0.240 e. The zero-order chi connectivity index (χ0) is 13.8. The van der Waals surface area contributed by atoms with Crippen molar-refractivity contribution in [2.45, 2.75) is 38.5 Å². The van der Waals surface area contributed by atoms with Crippen molar-refractivity contribution in [3.05, 3.63) is 29.6 Å². The zero-order valence-corrected chi connectivity index (χ0v) is 11.8. The van der Waals surface area contributed by atoms with Crippen LogP contribution in [0.4, 0.5) is 4.39 Å². The highest BCUT2D eigenvalue weighted by Crippen LogP contribution is 2.17. The Labute approximate surface area is 108 Å². The quantitative estimate of drug-likeness (QED) is 0.866. The van der Waals surface area contributed by atoms with E-state index in [1.807, 2.05) is 13.8 Å². The molecule has 0 saturated carbocycles. The maximum absolute atomic E-state index is 13.1. The summed E-state index contributed by atoms with van der Waals surface area (Å²) in [6, 6.07) is 3.79. The first-order chi connectivity index (χ1) is 8.40. The Hall–Kier alpha value is -0.940. The lowest BCUT2D eigenvalue weighted by atomic mass is 10.0. The molecule has 0 aliphatic carbocycles. The smallest absolute Gasteiger partial charge is 0.211 e. The number of nitrogens with one attached hydrogen (secondary N) is 1. The summed E-state index contributed by atoms with van der Waals surface area (Å²) in [4.78, 5) is 0.0217. The van der Waals surface area contributed by atoms with Crippen molar-refractivity contribution in [1.29, 1.82) is 0 Å². The molecule has 1 N–H and O–H groups in total. The first kappa shape index (κ1) is 15.1. The molecule has 0 radical (unpaired) electrons. The minimum atomic E-state index is -3.62. The Morgan fingerprint density at radius 3 is 2.44 bits per heavy atom. The molecule has 18 heavy (non-hydrogen) atoms. The normalized spacial score (nSPS) is 12.1. The number of halogens is 1. The molecular weight excluding hydrogens is 253 g/mol. The first-order valence-corrected chi connectivity index (χ1v) is 7.64. The summed E-state index contributed by atoms with van der Waals surface area (Å²) in [5, 5.41) is 0. The second-order valence-corrected chi connectivity index (χ2v) is 6.18. The van der Waals surface area contributed by atoms with Crippen molar-refractivity contribution < 1.29 is 12.8 Å². The third kappa shape index (κ3) is 3.78. The molecule has 0 atom stereocenters. The van der Waals surface area contributed by atoms with Gasteiger partial charge >= 0.3 is 0 Å². The highest BCUT2D eigenvalue weighted by molar-refractivity contribution is 7.89. The second-order valence-electron chi connectivity index (χ2n) is 4.44. The molecule has 5 heteroatoms. The molecule has 0 unspecified atom stereocenters. The van der Waals surface area contributed by atoms with E-state index < -0.39 is 15.8 Å². The third-order valence-electron chi connectivity index (χ3n) is 3.16. The topological polar surface area (TPSA) is 46.2 Å². The Morgan fingerprint density at radius 2 is 1.89 bits per heavy atom. The van der Waals surface area contributed by atoms with Gasteiger partial charge in [0, 0.05) is 6.54 Å². The molecule has 0 bridgehead atoms. The summed E-state index contributed by atoms with van der Waals surface area (Å²) in [7, 11) is -3.62. The van der Waals surface area contributed by atoms with Crippen LogP contribution in [0, 0.1) is 18.7 Å². The van der Waals surface area contributed by atoms with Crippen molar-refractivity contribution in [2.24, 2.45) is 5.92 Å². The average Bonchev–Trinajstić information content (AvgIpc) is 2.33. The van der Waals surface area contributed by atoms with Gasteiger partial charge in [-0.05, 0) is 30.5 Å². The van der Waals surface area contributed by atoms with Gasteiger partial charge in [-0.15, -0.1) is 0 Å². The fourth-order valence-corrected chi connectivity index (χ4v) is 3.12. The van der Waals surface area contributed by atoms with Gasteiger partial charge in [0.05, 0.1) is 4.90 Å². The predicted octanol–water partition coefficient (Wildman–Crippen LogP) is 2.85. The van der Waals surface area contributed by atoms with Gasteiger partial charge < -0.3 is 0 Å². The summed E-state index contributed by atoms with van der Waals surface area (Å²) < 4.78 is 39.8. The summed E-state index contributed by atoms with van der Waals surface area (Å²) in [6.45, 7) is 6.10. The monoisotopic (exact) mass is 273 g/mol.